The first-order valence-electron chi connectivity index (χ1n) is 12.6. The molecule has 36 heavy (non-hydrogen) atoms. The van der Waals surface area contributed by atoms with Gasteiger partial charge in [0.1, 0.15) is 5.82 Å². The smallest absolute Gasteiger partial charge is 0.123 e. The first-order chi connectivity index (χ1) is 17.7. The minimum Gasteiger partial charge on any atom is -0.207 e. The number of fused-ring (bicyclic) bond motifs is 5. The third-order valence-corrected chi connectivity index (χ3v) is 7.94. The molecule has 0 nitrogen and oxygen atoms in total. The molecule has 0 aromatic heterocycles. The highest BCUT2D eigenvalue weighted by Gasteiger charge is 2.28. The summed E-state index contributed by atoms with van der Waals surface area (Å²) in [5.41, 5.74) is 6.32. The normalized spacial score (nSPS) is 17.1. The molecule has 172 valence electrons. The summed E-state index contributed by atoms with van der Waals surface area (Å²) in [5.74, 6) is 0.366. The lowest BCUT2D eigenvalue weighted by atomic mass is 9.73. The van der Waals surface area contributed by atoms with E-state index in [1.807, 2.05) is 12.1 Å². The Morgan fingerprint density at radius 2 is 1.17 bits per heavy atom. The van der Waals surface area contributed by atoms with Gasteiger partial charge in [-0.1, -0.05) is 116 Å². The van der Waals surface area contributed by atoms with Gasteiger partial charge < -0.3 is 0 Å². The molecule has 0 bridgehead atoms. The third-order valence-electron chi connectivity index (χ3n) is 7.94. The second-order valence-electron chi connectivity index (χ2n) is 9.85. The number of benzene rings is 6. The zero-order valence-corrected chi connectivity index (χ0v) is 20.1. The zero-order chi connectivity index (χ0) is 24.2. The Morgan fingerprint density at radius 1 is 0.583 bits per heavy atom. The predicted octanol–water partition coefficient (Wildman–Crippen LogP) is 9.87. The van der Waals surface area contributed by atoms with Crippen LogP contribution in [-0.4, -0.2) is 0 Å². The lowest BCUT2D eigenvalue weighted by Gasteiger charge is -2.31. The number of hydrogen-bond acceptors (Lipinski definition) is 0. The molecule has 6 aromatic carbocycles. The maximum atomic E-state index is 13.8. The predicted molar refractivity (Wildman–Crippen MR) is 151 cm³/mol. The topological polar surface area (TPSA) is 0 Å². The molecule has 7 rings (SSSR count). The Labute approximate surface area is 210 Å². The number of halogens is 1. The van der Waals surface area contributed by atoms with Crippen LogP contribution >= 0.6 is 0 Å². The quantitative estimate of drug-likeness (QED) is 0.224. The van der Waals surface area contributed by atoms with Gasteiger partial charge in [0.2, 0.25) is 0 Å². The van der Waals surface area contributed by atoms with Crippen LogP contribution in [0, 0.1) is 5.82 Å². The van der Waals surface area contributed by atoms with Crippen molar-refractivity contribution in [3.63, 3.8) is 0 Å². The Kier molecular flexibility index (Phi) is 4.79. The van der Waals surface area contributed by atoms with Crippen molar-refractivity contribution in [3.8, 4) is 11.1 Å². The van der Waals surface area contributed by atoms with Crippen molar-refractivity contribution in [2.45, 2.75) is 18.8 Å². The summed E-state index contributed by atoms with van der Waals surface area (Å²) in [7, 11) is 0. The van der Waals surface area contributed by atoms with E-state index in [4.69, 9.17) is 0 Å². The van der Waals surface area contributed by atoms with E-state index in [1.165, 1.54) is 54.6 Å². The maximum Gasteiger partial charge on any atom is 0.123 e. The third kappa shape index (κ3) is 3.13. The van der Waals surface area contributed by atoms with Crippen molar-refractivity contribution < 1.29 is 4.39 Å². The molecule has 0 fully saturated rings. The summed E-state index contributed by atoms with van der Waals surface area (Å²) >= 11 is 0. The van der Waals surface area contributed by atoms with Crippen molar-refractivity contribution in [1.29, 1.82) is 0 Å². The second kappa shape index (κ2) is 8.17. The SMILES string of the molecule is CC1c2ccc3ccccc3c2C=CC1c1c2ccccc2c(-c2ccc(F)cc2)c2ccccc12. The van der Waals surface area contributed by atoms with E-state index >= 15 is 0 Å². The van der Waals surface area contributed by atoms with Crippen LogP contribution in [0.15, 0.2) is 115 Å². The van der Waals surface area contributed by atoms with Gasteiger partial charge in [-0.15, -0.1) is 0 Å². The molecule has 0 N–H and O–H groups in total. The van der Waals surface area contributed by atoms with E-state index < -0.39 is 0 Å². The average Bonchev–Trinajstić information content (AvgIpc) is 2.93. The molecule has 0 radical (unpaired) electrons. The van der Waals surface area contributed by atoms with Crippen molar-refractivity contribution in [2.75, 3.05) is 0 Å². The van der Waals surface area contributed by atoms with E-state index in [0.717, 1.165) is 5.56 Å². The van der Waals surface area contributed by atoms with Crippen LogP contribution in [0.5, 0.6) is 0 Å². The van der Waals surface area contributed by atoms with Crippen LogP contribution < -0.4 is 0 Å². The van der Waals surface area contributed by atoms with Gasteiger partial charge >= 0.3 is 0 Å². The molecule has 0 amide bonds. The van der Waals surface area contributed by atoms with Crippen LogP contribution in [0.2, 0.25) is 0 Å². The van der Waals surface area contributed by atoms with Crippen LogP contribution in [0.1, 0.15) is 35.4 Å². The van der Waals surface area contributed by atoms with Gasteiger partial charge in [0.05, 0.1) is 0 Å². The van der Waals surface area contributed by atoms with Gasteiger partial charge in [-0.25, -0.2) is 4.39 Å². The Balaban J connectivity index is 1.52. The first kappa shape index (κ1) is 21.1. The van der Waals surface area contributed by atoms with Gasteiger partial charge in [0, 0.05) is 5.92 Å². The van der Waals surface area contributed by atoms with Gasteiger partial charge in [-0.2, -0.15) is 0 Å². The molecule has 1 aliphatic carbocycles. The second-order valence-corrected chi connectivity index (χ2v) is 9.85. The van der Waals surface area contributed by atoms with Gasteiger partial charge in [0.15, 0.2) is 0 Å². The molecule has 2 atom stereocenters. The van der Waals surface area contributed by atoms with Gasteiger partial charge in [0.25, 0.3) is 0 Å². The van der Waals surface area contributed by atoms with E-state index in [9.17, 15) is 4.39 Å². The van der Waals surface area contributed by atoms with E-state index in [-0.39, 0.29) is 11.7 Å². The number of rotatable bonds is 2. The standard InChI is InChI=1S/C35H25F/c1-22-26-19-16-23-8-2-3-9-28(23)29(26)21-20-27(22)35-32-12-6-4-10-30(32)34(24-14-17-25(36)18-15-24)31-11-5-7-13-33(31)35/h2-22,27H,1H3. The fourth-order valence-corrected chi connectivity index (χ4v) is 6.25. The van der Waals surface area contributed by atoms with Crippen LogP contribution in [0.3, 0.4) is 0 Å². The van der Waals surface area contributed by atoms with Crippen molar-refractivity contribution in [2.24, 2.45) is 0 Å². The Bertz CT molecular complexity index is 1750. The fourth-order valence-electron chi connectivity index (χ4n) is 6.25. The highest BCUT2D eigenvalue weighted by molar-refractivity contribution is 6.15. The molecular weight excluding hydrogens is 439 g/mol. The molecule has 0 aliphatic heterocycles. The lowest BCUT2D eigenvalue weighted by Crippen LogP contribution is -2.12. The molecule has 0 saturated carbocycles. The molecule has 1 aliphatic rings. The summed E-state index contributed by atoms with van der Waals surface area (Å²) < 4.78 is 13.8. The summed E-state index contributed by atoms with van der Waals surface area (Å²) in [6, 6.07) is 37.5. The molecule has 0 spiro atoms. The first-order valence-corrected chi connectivity index (χ1v) is 12.6. The van der Waals surface area contributed by atoms with Crippen molar-refractivity contribution in [3.05, 3.63) is 138 Å². The highest BCUT2D eigenvalue weighted by atomic mass is 19.1. The Morgan fingerprint density at radius 3 is 1.83 bits per heavy atom. The Hall–Kier alpha value is -4.23. The minimum absolute atomic E-state index is 0.212. The molecule has 6 aromatic rings. The zero-order valence-electron chi connectivity index (χ0n) is 20.1. The van der Waals surface area contributed by atoms with Crippen LogP contribution in [-0.2, 0) is 0 Å². The summed E-state index contributed by atoms with van der Waals surface area (Å²) in [6.45, 7) is 2.36. The summed E-state index contributed by atoms with van der Waals surface area (Å²) in [5, 5.41) is 7.55. The summed E-state index contributed by atoms with van der Waals surface area (Å²) in [6.07, 6.45) is 4.74. The largest absolute Gasteiger partial charge is 0.207 e. The van der Waals surface area contributed by atoms with Gasteiger partial charge in [-0.3, -0.25) is 0 Å². The molecular formula is C35H25F. The maximum absolute atomic E-state index is 13.8. The van der Waals surface area contributed by atoms with Crippen molar-refractivity contribution >= 4 is 38.4 Å². The van der Waals surface area contributed by atoms with Crippen LogP contribution in [0.4, 0.5) is 4.39 Å². The monoisotopic (exact) mass is 464 g/mol. The average molecular weight is 465 g/mol. The number of allylic oxidation sites excluding steroid dienone is 1. The highest BCUT2D eigenvalue weighted by Crippen LogP contribution is 2.48. The lowest BCUT2D eigenvalue weighted by molar-refractivity contribution is 0.628. The minimum atomic E-state index is -0.212. The van der Waals surface area contributed by atoms with E-state index in [2.05, 4.69) is 104 Å². The molecule has 0 saturated heterocycles. The van der Waals surface area contributed by atoms with Crippen molar-refractivity contribution in [1.82, 2.24) is 0 Å². The van der Waals surface area contributed by atoms with E-state index in [0.29, 0.717) is 5.92 Å². The van der Waals surface area contributed by atoms with E-state index in [1.54, 1.807) is 12.1 Å². The fraction of sp³-hybridized carbons (Fsp3) is 0.0857. The summed E-state index contributed by atoms with van der Waals surface area (Å²) in [4.78, 5) is 0. The molecule has 0 heterocycles. The van der Waals surface area contributed by atoms with Gasteiger partial charge in [-0.05, 0) is 78.2 Å². The molecule has 2 unspecified atom stereocenters. The number of hydrogen-bond donors (Lipinski definition) is 0. The molecule has 1 heteroatoms. The van der Waals surface area contributed by atoms with Crippen LogP contribution in [0.25, 0.3) is 49.5 Å².